The second kappa shape index (κ2) is 10.2. The lowest BCUT2D eigenvalue weighted by Gasteiger charge is -2.08. The predicted molar refractivity (Wildman–Crippen MR) is 96.6 cm³/mol. The van der Waals surface area contributed by atoms with Crippen LogP contribution >= 0.6 is 12.4 Å². The minimum absolute atomic E-state index is 0. The quantitative estimate of drug-likeness (QED) is 0.665. The number of alkyl halides is 3. The van der Waals surface area contributed by atoms with Crippen LogP contribution in [-0.4, -0.2) is 22.2 Å². The first-order valence-electron chi connectivity index (χ1n) is 8.12. The average molecular weight is 391 g/mol. The summed E-state index contributed by atoms with van der Waals surface area (Å²) in [6.07, 6.45) is 2.53. The van der Waals surface area contributed by atoms with E-state index in [1.807, 2.05) is 0 Å². The standard InChI is InChI=1S/C17H21F3N4O.ClH/c18-17(19,20)13-6-5-7-15(10-13)24-12-14(11-22-24)23-16(25)8-3-1-2-4-9-21;/h5-7,10-12H,1-4,8-9,21H2,(H,23,25);1H. The summed E-state index contributed by atoms with van der Waals surface area (Å²) in [6.45, 7) is 0.654. The Hall–Kier alpha value is -2.06. The lowest BCUT2D eigenvalue weighted by molar-refractivity contribution is -0.137. The second-order valence-corrected chi connectivity index (χ2v) is 5.72. The van der Waals surface area contributed by atoms with E-state index in [2.05, 4.69) is 10.4 Å². The van der Waals surface area contributed by atoms with Gasteiger partial charge in [0.1, 0.15) is 0 Å². The number of nitrogens with one attached hydrogen (secondary N) is 1. The highest BCUT2D eigenvalue weighted by Gasteiger charge is 2.30. The minimum Gasteiger partial charge on any atom is -0.330 e. The number of carbonyl (C=O) groups is 1. The Bertz CT molecular complexity index is 703. The van der Waals surface area contributed by atoms with E-state index < -0.39 is 11.7 Å². The molecule has 3 N–H and O–H groups in total. The molecule has 0 unspecified atom stereocenters. The number of nitrogens with zero attached hydrogens (tertiary/aromatic N) is 2. The van der Waals surface area contributed by atoms with Gasteiger partial charge in [0.25, 0.3) is 0 Å². The Balaban J connectivity index is 0.00000338. The molecule has 0 bridgehead atoms. The van der Waals surface area contributed by atoms with E-state index in [-0.39, 0.29) is 24.0 Å². The summed E-state index contributed by atoms with van der Waals surface area (Å²) in [5.41, 5.74) is 5.38. The van der Waals surface area contributed by atoms with Crippen LogP contribution in [0.2, 0.25) is 0 Å². The molecule has 5 nitrogen and oxygen atoms in total. The summed E-state index contributed by atoms with van der Waals surface area (Å²) in [6, 6.07) is 4.85. The molecule has 1 amide bonds. The third-order valence-corrected chi connectivity index (χ3v) is 3.66. The van der Waals surface area contributed by atoms with E-state index >= 15 is 0 Å². The molecule has 1 heterocycles. The molecule has 0 aliphatic rings. The van der Waals surface area contributed by atoms with Crippen molar-refractivity contribution in [2.24, 2.45) is 5.73 Å². The van der Waals surface area contributed by atoms with Crippen molar-refractivity contribution in [3.63, 3.8) is 0 Å². The van der Waals surface area contributed by atoms with Gasteiger partial charge in [0.2, 0.25) is 5.91 Å². The third kappa shape index (κ3) is 6.68. The molecule has 144 valence electrons. The topological polar surface area (TPSA) is 72.9 Å². The highest BCUT2D eigenvalue weighted by Crippen LogP contribution is 2.30. The third-order valence-electron chi connectivity index (χ3n) is 3.66. The number of aromatic nitrogens is 2. The van der Waals surface area contributed by atoms with E-state index in [1.54, 1.807) is 0 Å². The lowest BCUT2D eigenvalue weighted by Crippen LogP contribution is -2.10. The van der Waals surface area contributed by atoms with Crippen LogP contribution in [0.25, 0.3) is 5.69 Å². The zero-order valence-electron chi connectivity index (χ0n) is 14.1. The molecule has 1 aromatic carbocycles. The number of amides is 1. The van der Waals surface area contributed by atoms with Crippen molar-refractivity contribution in [3.8, 4) is 5.69 Å². The van der Waals surface area contributed by atoms with Crippen molar-refractivity contribution in [3.05, 3.63) is 42.2 Å². The van der Waals surface area contributed by atoms with Gasteiger partial charge in [-0.05, 0) is 37.6 Å². The number of unbranched alkanes of at least 4 members (excludes halogenated alkanes) is 3. The molecule has 0 fully saturated rings. The molecular formula is C17H22ClF3N4O. The first kappa shape index (κ1) is 22.0. The Morgan fingerprint density at radius 2 is 1.92 bits per heavy atom. The number of hydrogen-bond donors (Lipinski definition) is 2. The normalized spacial score (nSPS) is 11.1. The lowest BCUT2D eigenvalue weighted by atomic mass is 10.1. The van der Waals surface area contributed by atoms with Crippen molar-refractivity contribution in [1.82, 2.24) is 9.78 Å². The molecule has 26 heavy (non-hydrogen) atoms. The maximum atomic E-state index is 12.8. The van der Waals surface area contributed by atoms with Crippen LogP contribution in [0, 0.1) is 0 Å². The molecule has 1 aromatic heterocycles. The van der Waals surface area contributed by atoms with Gasteiger partial charge in [0, 0.05) is 6.42 Å². The van der Waals surface area contributed by atoms with E-state index in [0.29, 0.717) is 18.7 Å². The molecule has 0 radical (unpaired) electrons. The highest BCUT2D eigenvalue weighted by atomic mass is 35.5. The number of anilines is 1. The van der Waals surface area contributed by atoms with E-state index in [4.69, 9.17) is 5.73 Å². The minimum atomic E-state index is -4.41. The molecule has 0 saturated carbocycles. The first-order chi connectivity index (χ1) is 11.9. The van der Waals surface area contributed by atoms with Gasteiger partial charge in [0.05, 0.1) is 29.3 Å². The van der Waals surface area contributed by atoms with Crippen LogP contribution in [-0.2, 0) is 11.0 Å². The second-order valence-electron chi connectivity index (χ2n) is 5.72. The van der Waals surface area contributed by atoms with Crippen molar-refractivity contribution in [1.29, 1.82) is 0 Å². The van der Waals surface area contributed by atoms with Gasteiger partial charge in [-0.1, -0.05) is 18.9 Å². The monoisotopic (exact) mass is 390 g/mol. The molecule has 2 aromatic rings. The Morgan fingerprint density at radius 3 is 2.62 bits per heavy atom. The zero-order chi connectivity index (χ0) is 18.3. The van der Waals surface area contributed by atoms with E-state index in [0.717, 1.165) is 37.8 Å². The van der Waals surface area contributed by atoms with Crippen LogP contribution in [0.15, 0.2) is 36.7 Å². The van der Waals surface area contributed by atoms with Gasteiger partial charge < -0.3 is 11.1 Å². The average Bonchev–Trinajstić information content (AvgIpc) is 3.02. The van der Waals surface area contributed by atoms with E-state index in [1.165, 1.54) is 29.2 Å². The number of benzene rings is 1. The van der Waals surface area contributed by atoms with Gasteiger partial charge in [-0.3, -0.25) is 4.79 Å². The summed E-state index contributed by atoms with van der Waals surface area (Å²) in [4.78, 5) is 11.9. The largest absolute Gasteiger partial charge is 0.416 e. The van der Waals surface area contributed by atoms with Crippen molar-refractivity contribution >= 4 is 24.0 Å². The van der Waals surface area contributed by atoms with Gasteiger partial charge in [-0.15, -0.1) is 12.4 Å². The maximum Gasteiger partial charge on any atom is 0.416 e. The number of carbonyl (C=O) groups excluding carboxylic acids is 1. The Labute approximate surface area is 156 Å². The van der Waals surface area contributed by atoms with Crippen molar-refractivity contribution < 1.29 is 18.0 Å². The van der Waals surface area contributed by atoms with Crippen molar-refractivity contribution in [2.45, 2.75) is 38.3 Å². The Kier molecular flexibility index (Phi) is 8.60. The maximum absolute atomic E-state index is 12.8. The van der Waals surface area contributed by atoms with Gasteiger partial charge >= 0.3 is 6.18 Å². The van der Waals surface area contributed by atoms with Crippen LogP contribution < -0.4 is 11.1 Å². The SMILES string of the molecule is Cl.NCCCCCCC(=O)Nc1cnn(-c2cccc(C(F)(F)F)c2)c1. The smallest absolute Gasteiger partial charge is 0.330 e. The summed E-state index contributed by atoms with van der Waals surface area (Å²) >= 11 is 0. The molecule has 0 atom stereocenters. The van der Waals surface area contributed by atoms with Crippen LogP contribution in [0.3, 0.4) is 0 Å². The summed E-state index contributed by atoms with van der Waals surface area (Å²) in [7, 11) is 0. The molecule has 0 aliphatic carbocycles. The number of hydrogen-bond acceptors (Lipinski definition) is 3. The molecule has 0 aliphatic heterocycles. The highest BCUT2D eigenvalue weighted by molar-refractivity contribution is 5.90. The number of rotatable bonds is 8. The predicted octanol–water partition coefficient (Wildman–Crippen LogP) is 4.16. The summed E-state index contributed by atoms with van der Waals surface area (Å²) < 4.78 is 39.6. The van der Waals surface area contributed by atoms with E-state index in [9.17, 15) is 18.0 Å². The van der Waals surface area contributed by atoms with Gasteiger partial charge in [0.15, 0.2) is 0 Å². The summed E-state index contributed by atoms with van der Waals surface area (Å²) in [5, 5.41) is 6.70. The van der Waals surface area contributed by atoms with Crippen LogP contribution in [0.5, 0.6) is 0 Å². The Morgan fingerprint density at radius 1 is 1.19 bits per heavy atom. The number of nitrogens with two attached hydrogens (primary N) is 1. The fourth-order valence-electron chi connectivity index (χ4n) is 2.36. The van der Waals surface area contributed by atoms with Crippen LogP contribution in [0.1, 0.15) is 37.7 Å². The first-order valence-corrected chi connectivity index (χ1v) is 8.12. The summed E-state index contributed by atoms with van der Waals surface area (Å²) in [5.74, 6) is -0.142. The molecule has 0 spiro atoms. The van der Waals surface area contributed by atoms with Crippen LogP contribution in [0.4, 0.5) is 18.9 Å². The zero-order valence-corrected chi connectivity index (χ0v) is 14.9. The fourth-order valence-corrected chi connectivity index (χ4v) is 2.36. The fraction of sp³-hybridized carbons (Fsp3) is 0.412. The molecule has 9 heteroatoms. The molecule has 0 saturated heterocycles. The molecule has 2 rings (SSSR count). The number of halogens is 4. The van der Waals surface area contributed by atoms with Gasteiger partial charge in [-0.25, -0.2) is 4.68 Å². The van der Waals surface area contributed by atoms with Gasteiger partial charge in [-0.2, -0.15) is 18.3 Å². The van der Waals surface area contributed by atoms with Crippen molar-refractivity contribution in [2.75, 3.05) is 11.9 Å². The molecular weight excluding hydrogens is 369 g/mol.